The van der Waals surface area contributed by atoms with Crippen molar-refractivity contribution in [3.63, 3.8) is 0 Å². The molecule has 1 N–H and O–H groups in total. The first-order valence-electron chi connectivity index (χ1n) is 7.22. The molecule has 0 amide bonds. The molecule has 1 atom stereocenters. The molecule has 0 saturated carbocycles. The van der Waals surface area contributed by atoms with E-state index in [1.165, 1.54) is 11.8 Å². The second-order valence-corrected chi connectivity index (χ2v) is 7.08. The number of nitrogens with zero attached hydrogens (tertiary/aromatic N) is 2. The number of hydrogen-bond donors (Lipinski definition) is 1. The summed E-state index contributed by atoms with van der Waals surface area (Å²) in [5.74, 6) is 0.964. The van der Waals surface area contributed by atoms with Crippen molar-refractivity contribution in [1.82, 2.24) is 14.9 Å². The van der Waals surface area contributed by atoms with E-state index < -0.39 is 0 Å². The van der Waals surface area contributed by atoms with Gasteiger partial charge in [-0.15, -0.1) is 0 Å². The van der Waals surface area contributed by atoms with Gasteiger partial charge in [0.1, 0.15) is 0 Å². The number of fused-ring (bicyclic) bond motifs is 1. The molecule has 1 aliphatic heterocycles. The zero-order chi connectivity index (χ0) is 15.7. The Kier molecular flexibility index (Phi) is 4.57. The quantitative estimate of drug-likeness (QED) is 0.691. The third-order valence-electron chi connectivity index (χ3n) is 3.83. The maximum Gasteiger partial charge on any atom is 0.256 e. The number of benzene rings is 1. The van der Waals surface area contributed by atoms with Gasteiger partial charge in [0.25, 0.3) is 5.56 Å². The standard InChI is InChI=1S/C16H18ClN3OS/c1-10-7-20(2)8-12-14(10)18-16(19-15(12)21)22-9-11-5-3-4-6-13(11)17/h3-6,10H,7-9H2,1-2H3,(H,18,19,21). The molecular weight excluding hydrogens is 318 g/mol. The van der Waals surface area contributed by atoms with E-state index in [0.29, 0.717) is 17.5 Å². The molecule has 4 nitrogen and oxygen atoms in total. The fourth-order valence-corrected chi connectivity index (χ4v) is 3.93. The molecule has 116 valence electrons. The Balaban J connectivity index is 1.84. The molecule has 0 bridgehead atoms. The lowest BCUT2D eigenvalue weighted by Crippen LogP contribution is -2.35. The number of likely N-dealkylation sites (N-methyl/N-ethyl adjacent to an activating group) is 1. The van der Waals surface area contributed by atoms with Gasteiger partial charge >= 0.3 is 0 Å². The van der Waals surface area contributed by atoms with E-state index in [0.717, 1.165) is 28.4 Å². The Bertz CT molecular complexity index is 746. The number of rotatable bonds is 3. The van der Waals surface area contributed by atoms with Crippen LogP contribution in [0.2, 0.25) is 5.02 Å². The maximum absolute atomic E-state index is 12.3. The third kappa shape index (κ3) is 3.21. The van der Waals surface area contributed by atoms with E-state index >= 15 is 0 Å². The van der Waals surface area contributed by atoms with Crippen LogP contribution in [0.25, 0.3) is 0 Å². The molecule has 0 saturated heterocycles. The second-order valence-electron chi connectivity index (χ2n) is 5.71. The highest BCUT2D eigenvalue weighted by molar-refractivity contribution is 7.98. The van der Waals surface area contributed by atoms with Crippen LogP contribution in [0.5, 0.6) is 0 Å². The predicted molar refractivity (Wildman–Crippen MR) is 90.6 cm³/mol. The summed E-state index contributed by atoms with van der Waals surface area (Å²) in [7, 11) is 2.03. The van der Waals surface area contributed by atoms with Crippen molar-refractivity contribution >= 4 is 23.4 Å². The van der Waals surface area contributed by atoms with E-state index in [4.69, 9.17) is 11.6 Å². The minimum Gasteiger partial charge on any atom is -0.301 e. The molecule has 1 unspecified atom stereocenters. The van der Waals surface area contributed by atoms with Gasteiger partial charge in [-0.3, -0.25) is 4.79 Å². The fraction of sp³-hybridized carbons (Fsp3) is 0.375. The molecule has 1 aromatic heterocycles. The van der Waals surface area contributed by atoms with E-state index in [9.17, 15) is 4.79 Å². The van der Waals surface area contributed by atoms with E-state index in [-0.39, 0.29) is 11.5 Å². The zero-order valence-corrected chi connectivity index (χ0v) is 14.2. The molecule has 0 radical (unpaired) electrons. The first-order valence-corrected chi connectivity index (χ1v) is 8.59. The van der Waals surface area contributed by atoms with Crippen LogP contribution in [0.1, 0.15) is 29.7 Å². The summed E-state index contributed by atoms with van der Waals surface area (Å²) in [6, 6.07) is 7.73. The number of hydrogen-bond acceptors (Lipinski definition) is 4. The van der Waals surface area contributed by atoms with Gasteiger partial charge in [0.15, 0.2) is 5.16 Å². The molecule has 1 aromatic carbocycles. The Morgan fingerprint density at radius 2 is 2.23 bits per heavy atom. The lowest BCUT2D eigenvalue weighted by atomic mass is 9.98. The van der Waals surface area contributed by atoms with Crippen LogP contribution in [0.4, 0.5) is 0 Å². The van der Waals surface area contributed by atoms with Crippen molar-refractivity contribution in [2.75, 3.05) is 13.6 Å². The molecule has 2 aromatic rings. The van der Waals surface area contributed by atoms with Gasteiger partial charge in [0.05, 0.1) is 11.3 Å². The number of thioether (sulfide) groups is 1. The van der Waals surface area contributed by atoms with Crippen molar-refractivity contribution in [2.45, 2.75) is 30.3 Å². The van der Waals surface area contributed by atoms with Crippen LogP contribution < -0.4 is 5.56 Å². The Morgan fingerprint density at radius 1 is 1.45 bits per heavy atom. The highest BCUT2D eigenvalue weighted by Crippen LogP contribution is 2.27. The Hall–Kier alpha value is -1.30. The second kappa shape index (κ2) is 6.44. The summed E-state index contributed by atoms with van der Waals surface area (Å²) in [5, 5.41) is 1.41. The Labute approximate surface area is 138 Å². The summed E-state index contributed by atoms with van der Waals surface area (Å²) in [6.07, 6.45) is 0. The summed E-state index contributed by atoms with van der Waals surface area (Å²) in [4.78, 5) is 22.0. The monoisotopic (exact) mass is 335 g/mol. The normalized spacial score (nSPS) is 18.2. The lowest BCUT2D eigenvalue weighted by molar-refractivity contribution is 0.281. The fourth-order valence-electron chi connectivity index (χ4n) is 2.77. The third-order valence-corrected chi connectivity index (χ3v) is 5.12. The van der Waals surface area contributed by atoms with Crippen LogP contribution in [-0.2, 0) is 12.3 Å². The largest absolute Gasteiger partial charge is 0.301 e. The van der Waals surface area contributed by atoms with Crippen LogP contribution >= 0.6 is 23.4 Å². The van der Waals surface area contributed by atoms with Crippen LogP contribution in [0, 0.1) is 0 Å². The number of H-pyrrole nitrogens is 1. The molecule has 1 aliphatic rings. The van der Waals surface area contributed by atoms with Gasteiger partial charge in [0, 0.05) is 29.8 Å². The van der Waals surface area contributed by atoms with Crippen molar-refractivity contribution in [2.24, 2.45) is 0 Å². The van der Waals surface area contributed by atoms with Gasteiger partial charge in [-0.05, 0) is 18.7 Å². The van der Waals surface area contributed by atoms with Gasteiger partial charge in [-0.1, -0.05) is 48.5 Å². The average molecular weight is 336 g/mol. The van der Waals surface area contributed by atoms with Crippen molar-refractivity contribution in [1.29, 1.82) is 0 Å². The molecule has 0 aliphatic carbocycles. The number of nitrogens with one attached hydrogen (secondary N) is 1. The molecule has 0 spiro atoms. The first kappa shape index (κ1) is 15.6. The van der Waals surface area contributed by atoms with Crippen LogP contribution in [0.3, 0.4) is 0 Å². The van der Waals surface area contributed by atoms with Gasteiger partial charge < -0.3 is 9.88 Å². The summed E-state index contributed by atoms with van der Waals surface area (Å²) >= 11 is 7.68. The molecular formula is C16H18ClN3OS. The van der Waals surface area contributed by atoms with Gasteiger partial charge in [-0.25, -0.2) is 4.98 Å². The topological polar surface area (TPSA) is 49.0 Å². The minimum absolute atomic E-state index is 0.0231. The Morgan fingerprint density at radius 3 is 3.00 bits per heavy atom. The molecule has 22 heavy (non-hydrogen) atoms. The number of aromatic nitrogens is 2. The van der Waals surface area contributed by atoms with Gasteiger partial charge in [-0.2, -0.15) is 0 Å². The SMILES string of the molecule is CC1CN(C)Cc2c1nc(SCc1ccccc1Cl)[nH]c2=O. The summed E-state index contributed by atoms with van der Waals surface area (Å²) < 4.78 is 0. The van der Waals surface area contributed by atoms with Gasteiger partial charge in [0.2, 0.25) is 0 Å². The minimum atomic E-state index is -0.0231. The highest BCUT2D eigenvalue weighted by Gasteiger charge is 2.24. The average Bonchev–Trinajstić information content (AvgIpc) is 2.48. The number of halogens is 1. The van der Waals surface area contributed by atoms with E-state index in [1.807, 2.05) is 31.3 Å². The van der Waals surface area contributed by atoms with Crippen LogP contribution in [0.15, 0.2) is 34.2 Å². The first-order chi connectivity index (χ1) is 10.5. The molecule has 2 heterocycles. The molecule has 3 rings (SSSR count). The lowest BCUT2D eigenvalue weighted by Gasteiger charge is -2.28. The van der Waals surface area contributed by atoms with Crippen LogP contribution in [-0.4, -0.2) is 28.5 Å². The summed E-state index contributed by atoms with van der Waals surface area (Å²) in [5.41, 5.74) is 2.75. The maximum atomic E-state index is 12.3. The predicted octanol–water partition coefficient (Wildman–Crippen LogP) is 3.26. The van der Waals surface area contributed by atoms with E-state index in [1.54, 1.807) is 0 Å². The van der Waals surface area contributed by atoms with Crippen molar-refractivity contribution in [3.05, 3.63) is 56.5 Å². The number of aromatic amines is 1. The van der Waals surface area contributed by atoms with Crippen molar-refractivity contribution < 1.29 is 0 Å². The van der Waals surface area contributed by atoms with Crippen molar-refractivity contribution in [3.8, 4) is 0 Å². The molecule has 0 fully saturated rings. The highest BCUT2D eigenvalue weighted by atomic mass is 35.5. The molecule has 6 heteroatoms. The zero-order valence-electron chi connectivity index (χ0n) is 12.6. The summed E-state index contributed by atoms with van der Waals surface area (Å²) in [6.45, 7) is 3.71. The van der Waals surface area contributed by atoms with E-state index in [2.05, 4.69) is 21.8 Å². The smallest absolute Gasteiger partial charge is 0.256 e.